The fourth-order valence-electron chi connectivity index (χ4n) is 3.76. The Balaban J connectivity index is 2.20. The van der Waals surface area contributed by atoms with Gasteiger partial charge in [0, 0.05) is 21.1 Å². The van der Waals surface area contributed by atoms with E-state index in [9.17, 15) is 13.2 Å². The van der Waals surface area contributed by atoms with Crippen molar-refractivity contribution in [2.24, 2.45) is 5.41 Å². The number of carbonyl (C=O) groups is 1. The first kappa shape index (κ1) is 25.5. The molecule has 0 saturated heterocycles. The van der Waals surface area contributed by atoms with Gasteiger partial charge < -0.3 is 5.32 Å². The van der Waals surface area contributed by atoms with E-state index in [4.69, 9.17) is 23.2 Å². The van der Waals surface area contributed by atoms with Crippen LogP contribution in [0.2, 0.25) is 10.0 Å². The molecule has 0 bridgehead atoms. The molecule has 0 aliphatic heterocycles. The summed E-state index contributed by atoms with van der Waals surface area (Å²) in [5.74, 6) is -0.164. The van der Waals surface area contributed by atoms with E-state index < -0.39 is 10.0 Å². The number of hydrogen-bond acceptors (Lipinski definition) is 3. The van der Waals surface area contributed by atoms with Crippen molar-refractivity contribution in [3.8, 4) is 0 Å². The third-order valence-corrected chi connectivity index (χ3v) is 6.08. The van der Waals surface area contributed by atoms with Crippen LogP contribution >= 0.6 is 23.2 Å². The minimum absolute atomic E-state index is 0.0823. The van der Waals surface area contributed by atoms with Crippen LogP contribution in [0.5, 0.6) is 0 Å². The van der Waals surface area contributed by atoms with Crippen LogP contribution in [-0.4, -0.2) is 26.1 Å². The second kappa shape index (κ2) is 9.39. The maximum atomic E-state index is 12.7. The topological polar surface area (TPSA) is 66.5 Å². The monoisotopic (exact) mass is 484 g/mol. The third-order valence-electron chi connectivity index (χ3n) is 4.50. The molecular formula is C23H30Cl2N2O3S. The van der Waals surface area contributed by atoms with Gasteiger partial charge in [0.2, 0.25) is 10.0 Å². The molecule has 0 aliphatic rings. The number of anilines is 1. The van der Waals surface area contributed by atoms with Gasteiger partial charge in [0.15, 0.2) is 0 Å². The van der Waals surface area contributed by atoms with Gasteiger partial charge in [-0.1, -0.05) is 56.1 Å². The average Bonchev–Trinajstić information content (AvgIpc) is 2.55. The molecule has 0 fully saturated rings. The van der Waals surface area contributed by atoms with E-state index in [-0.39, 0.29) is 23.4 Å². The van der Waals surface area contributed by atoms with Crippen molar-refractivity contribution in [3.63, 3.8) is 0 Å². The number of nitrogens with zero attached hydrogens (tertiary/aromatic N) is 1. The highest BCUT2D eigenvalue weighted by molar-refractivity contribution is 7.92. The molecule has 2 aromatic carbocycles. The predicted octanol–water partition coefficient (Wildman–Crippen LogP) is 5.90. The minimum Gasteiger partial charge on any atom is -0.347 e. The van der Waals surface area contributed by atoms with Gasteiger partial charge in [-0.3, -0.25) is 9.10 Å². The van der Waals surface area contributed by atoms with Gasteiger partial charge in [-0.15, -0.1) is 0 Å². The van der Waals surface area contributed by atoms with E-state index in [0.717, 1.165) is 18.2 Å². The van der Waals surface area contributed by atoms with Gasteiger partial charge in [0.25, 0.3) is 5.91 Å². The van der Waals surface area contributed by atoms with Crippen molar-refractivity contribution >= 4 is 44.8 Å². The fourth-order valence-corrected chi connectivity index (χ4v) is 5.15. The molecule has 170 valence electrons. The molecule has 1 N–H and O–H groups in total. The Hall–Kier alpha value is -1.76. The maximum Gasteiger partial charge on any atom is 0.251 e. The SMILES string of the molecule is CC(C)(C)CC(C)(C)NC(=O)c1ccc(CN(c2cc(Cl)cc(Cl)c2)S(C)(=O)=O)cc1. The summed E-state index contributed by atoms with van der Waals surface area (Å²) < 4.78 is 26.0. The number of nitrogens with one attached hydrogen (secondary N) is 1. The smallest absolute Gasteiger partial charge is 0.251 e. The Labute approximate surface area is 195 Å². The van der Waals surface area contributed by atoms with Crippen molar-refractivity contribution < 1.29 is 13.2 Å². The quantitative estimate of drug-likeness (QED) is 0.531. The highest BCUT2D eigenvalue weighted by atomic mass is 35.5. The zero-order chi connectivity index (χ0) is 23.6. The summed E-state index contributed by atoms with van der Waals surface area (Å²) in [5.41, 5.74) is 1.35. The van der Waals surface area contributed by atoms with Crippen molar-refractivity contribution in [1.29, 1.82) is 0 Å². The standard InChI is InChI=1S/C23H30Cl2N2O3S/c1-22(2,3)15-23(4,5)26-21(28)17-9-7-16(8-10-17)14-27(31(6,29)30)20-12-18(24)11-19(25)13-20/h7-13H,14-15H2,1-6H3,(H,26,28). The van der Waals surface area contributed by atoms with E-state index >= 15 is 0 Å². The lowest BCUT2D eigenvalue weighted by atomic mass is 9.81. The number of hydrogen-bond donors (Lipinski definition) is 1. The van der Waals surface area contributed by atoms with E-state index in [1.54, 1.807) is 42.5 Å². The van der Waals surface area contributed by atoms with Gasteiger partial charge >= 0.3 is 0 Å². The lowest BCUT2D eigenvalue weighted by molar-refractivity contribution is 0.0891. The van der Waals surface area contributed by atoms with Crippen LogP contribution < -0.4 is 9.62 Å². The number of benzene rings is 2. The number of rotatable bonds is 7. The van der Waals surface area contributed by atoms with Crippen LogP contribution in [0.3, 0.4) is 0 Å². The molecule has 0 aliphatic carbocycles. The average molecular weight is 485 g/mol. The van der Waals surface area contributed by atoms with Crippen molar-refractivity contribution in [1.82, 2.24) is 5.32 Å². The van der Waals surface area contributed by atoms with Crippen LogP contribution in [0, 0.1) is 5.41 Å². The summed E-state index contributed by atoms with van der Waals surface area (Å²) in [7, 11) is -3.58. The molecule has 5 nitrogen and oxygen atoms in total. The van der Waals surface area contributed by atoms with Crippen LogP contribution in [-0.2, 0) is 16.6 Å². The lowest BCUT2D eigenvalue weighted by Gasteiger charge is -2.33. The molecule has 2 rings (SSSR count). The number of amides is 1. The molecule has 0 aromatic heterocycles. The summed E-state index contributed by atoms with van der Waals surface area (Å²) in [6, 6.07) is 11.5. The summed E-state index contributed by atoms with van der Waals surface area (Å²) >= 11 is 12.1. The highest BCUT2D eigenvalue weighted by Gasteiger charge is 2.27. The largest absolute Gasteiger partial charge is 0.347 e. The second-order valence-electron chi connectivity index (χ2n) is 9.67. The molecule has 1 amide bonds. The number of carbonyl (C=O) groups excluding carboxylic acids is 1. The summed E-state index contributed by atoms with van der Waals surface area (Å²) in [6.07, 6.45) is 1.95. The Morgan fingerprint density at radius 3 is 1.94 bits per heavy atom. The van der Waals surface area contributed by atoms with Crippen LogP contribution in [0.4, 0.5) is 5.69 Å². The van der Waals surface area contributed by atoms with Crippen molar-refractivity contribution in [2.75, 3.05) is 10.6 Å². The zero-order valence-electron chi connectivity index (χ0n) is 18.8. The van der Waals surface area contributed by atoms with E-state index in [2.05, 4.69) is 26.1 Å². The normalized spacial score (nSPS) is 12.5. The Morgan fingerprint density at radius 1 is 0.968 bits per heavy atom. The van der Waals surface area contributed by atoms with Gasteiger partial charge in [0.1, 0.15) is 0 Å². The number of sulfonamides is 1. The molecule has 2 aromatic rings. The van der Waals surface area contributed by atoms with Crippen LogP contribution in [0.15, 0.2) is 42.5 Å². The fraction of sp³-hybridized carbons (Fsp3) is 0.435. The minimum atomic E-state index is -3.58. The summed E-state index contributed by atoms with van der Waals surface area (Å²) in [6.45, 7) is 10.5. The second-order valence-corrected chi connectivity index (χ2v) is 12.4. The van der Waals surface area contributed by atoms with Gasteiger partial charge in [0.05, 0.1) is 18.5 Å². The highest BCUT2D eigenvalue weighted by Crippen LogP contribution is 2.29. The molecule has 0 heterocycles. The Kier molecular flexibility index (Phi) is 7.72. The molecule has 0 atom stereocenters. The molecule has 0 saturated carbocycles. The van der Waals surface area contributed by atoms with Crippen molar-refractivity contribution in [3.05, 3.63) is 63.6 Å². The van der Waals surface area contributed by atoms with Gasteiger partial charge in [-0.2, -0.15) is 0 Å². The predicted molar refractivity (Wildman–Crippen MR) is 130 cm³/mol. The van der Waals surface area contributed by atoms with E-state index in [1.807, 2.05) is 13.8 Å². The zero-order valence-corrected chi connectivity index (χ0v) is 21.1. The van der Waals surface area contributed by atoms with Crippen LogP contribution in [0.1, 0.15) is 57.0 Å². The molecule has 0 unspecified atom stereocenters. The first-order valence-corrected chi connectivity index (χ1v) is 12.5. The first-order chi connectivity index (χ1) is 14.1. The van der Waals surface area contributed by atoms with E-state index in [1.165, 1.54) is 4.31 Å². The Morgan fingerprint density at radius 2 is 1.48 bits per heavy atom. The summed E-state index contributed by atoms with van der Waals surface area (Å²) in [4.78, 5) is 12.7. The Bertz CT molecular complexity index is 1020. The first-order valence-electron chi connectivity index (χ1n) is 9.91. The lowest BCUT2D eigenvalue weighted by Crippen LogP contribution is -2.45. The molecule has 8 heteroatoms. The molecule has 0 spiro atoms. The third kappa shape index (κ3) is 8.02. The van der Waals surface area contributed by atoms with Crippen LogP contribution in [0.25, 0.3) is 0 Å². The molecule has 31 heavy (non-hydrogen) atoms. The van der Waals surface area contributed by atoms with Gasteiger partial charge in [-0.05, 0) is 61.6 Å². The van der Waals surface area contributed by atoms with Crippen molar-refractivity contribution in [2.45, 2.75) is 53.1 Å². The molecule has 0 radical (unpaired) electrons. The van der Waals surface area contributed by atoms with Gasteiger partial charge in [-0.25, -0.2) is 8.42 Å². The summed E-state index contributed by atoms with van der Waals surface area (Å²) in [5, 5.41) is 3.77. The van der Waals surface area contributed by atoms with E-state index in [0.29, 0.717) is 21.3 Å². The maximum absolute atomic E-state index is 12.7. The number of halogens is 2. The molecular weight excluding hydrogens is 455 g/mol.